The Morgan fingerprint density at radius 2 is 2.31 bits per heavy atom. The summed E-state index contributed by atoms with van der Waals surface area (Å²) in [5, 5.41) is 12.8. The number of methoxy groups -OCH3 is 1. The smallest absolute Gasteiger partial charge is 0.101 e. The first kappa shape index (κ1) is 12.8. The van der Waals surface area contributed by atoms with Gasteiger partial charge in [-0.2, -0.15) is 5.26 Å². The molecule has 0 aliphatic carbocycles. The van der Waals surface area contributed by atoms with E-state index in [1.54, 1.807) is 25.3 Å². The van der Waals surface area contributed by atoms with E-state index in [2.05, 4.69) is 18.3 Å². The highest BCUT2D eigenvalue weighted by Crippen LogP contribution is 2.21. The summed E-state index contributed by atoms with van der Waals surface area (Å²) in [5.74, 6) is 0. The SMILES string of the molecule is CCC(COC)Nc1cc(Cl)ccc1C#N. The summed E-state index contributed by atoms with van der Waals surface area (Å²) in [6.07, 6.45) is 0.922. The molecule has 0 radical (unpaired) electrons. The van der Waals surface area contributed by atoms with Gasteiger partial charge < -0.3 is 10.1 Å². The molecule has 1 unspecified atom stereocenters. The standard InChI is InChI=1S/C12H15ClN2O/c1-3-11(8-16-2)15-12-6-10(13)5-4-9(12)7-14/h4-6,11,15H,3,8H2,1-2H3. The molecular weight excluding hydrogens is 224 g/mol. The summed E-state index contributed by atoms with van der Waals surface area (Å²) in [6.45, 7) is 2.67. The molecule has 0 aliphatic heterocycles. The number of rotatable bonds is 5. The van der Waals surface area contributed by atoms with Gasteiger partial charge >= 0.3 is 0 Å². The molecule has 0 bridgehead atoms. The Labute approximate surface area is 101 Å². The lowest BCUT2D eigenvalue weighted by Gasteiger charge is -2.18. The Morgan fingerprint density at radius 3 is 2.88 bits per heavy atom. The van der Waals surface area contributed by atoms with E-state index in [4.69, 9.17) is 21.6 Å². The zero-order chi connectivity index (χ0) is 12.0. The van der Waals surface area contributed by atoms with Gasteiger partial charge in [-0.3, -0.25) is 0 Å². The molecule has 86 valence electrons. The highest BCUT2D eigenvalue weighted by molar-refractivity contribution is 6.30. The third-order valence-electron chi connectivity index (χ3n) is 2.32. The fraction of sp³-hybridized carbons (Fsp3) is 0.417. The van der Waals surface area contributed by atoms with Crippen LogP contribution in [0.3, 0.4) is 0 Å². The normalized spacial score (nSPS) is 11.9. The number of anilines is 1. The van der Waals surface area contributed by atoms with Crippen molar-refractivity contribution in [2.75, 3.05) is 19.0 Å². The number of hydrogen-bond acceptors (Lipinski definition) is 3. The van der Waals surface area contributed by atoms with Crippen LogP contribution in [0, 0.1) is 11.3 Å². The molecule has 1 rings (SSSR count). The van der Waals surface area contributed by atoms with Crippen LogP contribution in [0.5, 0.6) is 0 Å². The molecule has 0 saturated heterocycles. The van der Waals surface area contributed by atoms with E-state index < -0.39 is 0 Å². The lowest BCUT2D eigenvalue weighted by molar-refractivity contribution is 0.184. The Hall–Kier alpha value is -1.24. The molecule has 1 N–H and O–H groups in total. The van der Waals surface area contributed by atoms with E-state index in [9.17, 15) is 0 Å². The molecular formula is C12H15ClN2O. The van der Waals surface area contributed by atoms with Crippen LogP contribution in [0.25, 0.3) is 0 Å². The third-order valence-corrected chi connectivity index (χ3v) is 2.56. The van der Waals surface area contributed by atoms with Crippen molar-refractivity contribution in [1.82, 2.24) is 0 Å². The predicted molar refractivity (Wildman–Crippen MR) is 65.7 cm³/mol. The highest BCUT2D eigenvalue weighted by atomic mass is 35.5. The Bertz CT molecular complexity index is 387. The molecule has 0 fully saturated rings. The first-order valence-electron chi connectivity index (χ1n) is 5.16. The molecule has 1 aromatic rings. The minimum atomic E-state index is 0.190. The maximum Gasteiger partial charge on any atom is 0.101 e. The van der Waals surface area contributed by atoms with Crippen molar-refractivity contribution in [2.24, 2.45) is 0 Å². The number of nitrogens with zero attached hydrogens (tertiary/aromatic N) is 1. The number of ether oxygens (including phenoxy) is 1. The van der Waals surface area contributed by atoms with Gasteiger partial charge in [0.25, 0.3) is 0 Å². The average Bonchev–Trinajstić information content (AvgIpc) is 2.29. The van der Waals surface area contributed by atoms with Crippen LogP contribution < -0.4 is 5.32 Å². The molecule has 16 heavy (non-hydrogen) atoms. The molecule has 0 aromatic heterocycles. The van der Waals surface area contributed by atoms with Crippen LogP contribution in [0.1, 0.15) is 18.9 Å². The van der Waals surface area contributed by atoms with Crippen molar-refractivity contribution in [3.8, 4) is 6.07 Å². The predicted octanol–water partition coefficient (Wildman–Crippen LogP) is 3.05. The number of benzene rings is 1. The van der Waals surface area contributed by atoms with Crippen LogP contribution in [0.4, 0.5) is 5.69 Å². The molecule has 0 saturated carbocycles. The third kappa shape index (κ3) is 3.41. The quantitative estimate of drug-likeness (QED) is 0.858. The molecule has 1 aromatic carbocycles. The Morgan fingerprint density at radius 1 is 1.56 bits per heavy atom. The lowest BCUT2D eigenvalue weighted by Crippen LogP contribution is -2.24. The van der Waals surface area contributed by atoms with Gasteiger partial charge in [0.15, 0.2) is 0 Å². The van der Waals surface area contributed by atoms with Crippen molar-refractivity contribution < 1.29 is 4.74 Å². The lowest BCUT2D eigenvalue weighted by atomic mass is 10.1. The minimum absolute atomic E-state index is 0.190. The van der Waals surface area contributed by atoms with Crippen LogP contribution in [-0.2, 0) is 4.74 Å². The summed E-state index contributed by atoms with van der Waals surface area (Å²) in [5.41, 5.74) is 1.36. The maximum absolute atomic E-state index is 8.96. The molecule has 1 atom stereocenters. The zero-order valence-corrected chi connectivity index (χ0v) is 10.2. The zero-order valence-electron chi connectivity index (χ0n) is 9.46. The van der Waals surface area contributed by atoms with Crippen LogP contribution in [-0.4, -0.2) is 19.8 Å². The fourth-order valence-corrected chi connectivity index (χ4v) is 1.59. The van der Waals surface area contributed by atoms with E-state index in [1.165, 1.54) is 0 Å². The van der Waals surface area contributed by atoms with Crippen molar-refractivity contribution in [2.45, 2.75) is 19.4 Å². The highest BCUT2D eigenvalue weighted by Gasteiger charge is 2.09. The summed E-state index contributed by atoms with van der Waals surface area (Å²) in [4.78, 5) is 0. The Balaban J connectivity index is 2.86. The largest absolute Gasteiger partial charge is 0.383 e. The summed E-state index contributed by atoms with van der Waals surface area (Å²) in [6, 6.07) is 7.51. The maximum atomic E-state index is 8.96. The summed E-state index contributed by atoms with van der Waals surface area (Å²) < 4.78 is 5.09. The van der Waals surface area contributed by atoms with Gasteiger partial charge in [-0.05, 0) is 24.6 Å². The van der Waals surface area contributed by atoms with Gasteiger partial charge in [0.05, 0.1) is 17.9 Å². The first-order chi connectivity index (χ1) is 7.71. The van der Waals surface area contributed by atoms with Crippen molar-refractivity contribution in [3.05, 3.63) is 28.8 Å². The topological polar surface area (TPSA) is 45.0 Å². The molecule has 0 spiro atoms. The number of nitriles is 1. The van der Waals surface area contributed by atoms with E-state index in [1.807, 2.05) is 0 Å². The van der Waals surface area contributed by atoms with Crippen molar-refractivity contribution in [3.63, 3.8) is 0 Å². The van der Waals surface area contributed by atoms with Crippen LogP contribution in [0.15, 0.2) is 18.2 Å². The van der Waals surface area contributed by atoms with Gasteiger partial charge in [-0.25, -0.2) is 0 Å². The molecule has 0 heterocycles. The van der Waals surface area contributed by atoms with Gasteiger partial charge in [-0.1, -0.05) is 18.5 Å². The van der Waals surface area contributed by atoms with Crippen LogP contribution in [0.2, 0.25) is 5.02 Å². The second-order valence-electron chi connectivity index (χ2n) is 3.51. The monoisotopic (exact) mass is 238 g/mol. The van der Waals surface area contributed by atoms with E-state index >= 15 is 0 Å². The van der Waals surface area contributed by atoms with Crippen LogP contribution >= 0.6 is 11.6 Å². The molecule has 0 aliphatic rings. The van der Waals surface area contributed by atoms with E-state index in [0.717, 1.165) is 12.1 Å². The number of hydrogen-bond donors (Lipinski definition) is 1. The van der Waals surface area contributed by atoms with E-state index in [-0.39, 0.29) is 6.04 Å². The van der Waals surface area contributed by atoms with Crippen molar-refractivity contribution >= 4 is 17.3 Å². The van der Waals surface area contributed by atoms with E-state index in [0.29, 0.717) is 17.2 Å². The van der Waals surface area contributed by atoms with Crippen molar-refractivity contribution in [1.29, 1.82) is 5.26 Å². The second kappa shape index (κ2) is 6.37. The molecule has 4 heteroatoms. The van der Waals surface area contributed by atoms with Gasteiger partial charge in [0, 0.05) is 18.2 Å². The fourth-order valence-electron chi connectivity index (χ4n) is 1.42. The molecule has 0 amide bonds. The first-order valence-corrected chi connectivity index (χ1v) is 5.54. The second-order valence-corrected chi connectivity index (χ2v) is 3.94. The molecule has 3 nitrogen and oxygen atoms in total. The van der Waals surface area contributed by atoms with Gasteiger partial charge in [0.2, 0.25) is 0 Å². The van der Waals surface area contributed by atoms with Gasteiger partial charge in [0.1, 0.15) is 6.07 Å². The number of halogens is 1. The average molecular weight is 239 g/mol. The Kier molecular flexibility index (Phi) is 5.10. The summed E-state index contributed by atoms with van der Waals surface area (Å²) >= 11 is 5.90. The minimum Gasteiger partial charge on any atom is -0.383 e. The number of nitrogens with one attached hydrogen (secondary N) is 1. The summed E-state index contributed by atoms with van der Waals surface area (Å²) in [7, 11) is 1.66. The van der Waals surface area contributed by atoms with Gasteiger partial charge in [-0.15, -0.1) is 0 Å².